The maximum Gasteiger partial charge on any atom is 0.264 e. The van der Waals surface area contributed by atoms with Crippen LogP contribution in [0.3, 0.4) is 0 Å². The standard InChI is InChI=1S/C12H16N4O2/c1-7(17)13-14-9-5-12(2,3)6-10-8(9)4-11(18)16-15-10/h4H,5-6H2,1-3H3,(H,13,17)(H,16,18)/b14-9+. The summed E-state index contributed by atoms with van der Waals surface area (Å²) in [6.45, 7) is 5.60. The molecule has 0 fully saturated rings. The van der Waals surface area contributed by atoms with Crippen LogP contribution in [0.2, 0.25) is 0 Å². The smallest absolute Gasteiger partial charge is 0.264 e. The Balaban J connectivity index is 2.48. The number of H-pyrrole nitrogens is 1. The molecule has 6 nitrogen and oxygen atoms in total. The van der Waals surface area contributed by atoms with Gasteiger partial charge in [0, 0.05) is 18.6 Å². The second-order valence-electron chi connectivity index (χ2n) is 5.34. The molecular formula is C12H16N4O2. The minimum atomic E-state index is -0.260. The number of hydrogen-bond donors (Lipinski definition) is 2. The predicted molar refractivity (Wildman–Crippen MR) is 67.3 cm³/mol. The number of nitrogens with zero attached hydrogens (tertiary/aromatic N) is 2. The fraction of sp³-hybridized carbons (Fsp3) is 0.500. The van der Waals surface area contributed by atoms with Crippen molar-refractivity contribution in [1.82, 2.24) is 15.6 Å². The molecule has 1 heterocycles. The molecule has 0 unspecified atom stereocenters. The normalized spacial score (nSPS) is 19.4. The minimum absolute atomic E-state index is 0.00947. The van der Waals surface area contributed by atoms with E-state index >= 15 is 0 Å². The Bertz CT molecular complexity index is 572. The monoisotopic (exact) mass is 248 g/mol. The van der Waals surface area contributed by atoms with E-state index in [-0.39, 0.29) is 16.9 Å². The van der Waals surface area contributed by atoms with E-state index in [1.165, 1.54) is 13.0 Å². The summed E-state index contributed by atoms with van der Waals surface area (Å²) >= 11 is 0. The molecule has 1 aromatic heterocycles. The maximum absolute atomic E-state index is 11.3. The largest absolute Gasteiger partial charge is 0.274 e. The van der Waals surface area contributed by atoms with E-state index in [9.17, 15) is 9.59 Å². The lowest BCUT2D eigenvalue weighted by atomic mass is 9.75. The maximum atomic E-state index is 11.3. The average molecular weight is 248 g/mol. The van der Waals surface area contributed by atoms with E-state index in [1.807, 2.05) is 0 Å². The van der Waals surface area contributed by atoms with Crippen molar-refractivity contribution in [1.29, 1.82) is 0 Å². The van der Waals surface area contributed by atoms with Gasteiger partial charge >= 0.3 is 0 Å². The van der Waals surface area contributed by atoms with Gasteiger partial charge in [-0.1, -0.05) is 13.8 Å². The first kappa shape index (κ1) is 12.5. The molecule has 6 heteroatoms. The molecule has 0 radical (unpaired) electrons. The second kappa shape index (κ2) is 4.36. The number of hydrogen-bond acceptors (Lipinski definition) is 4. The molecule has 1 aliphatic carbocycles. The summed E-state index contributed by atoms with van der Waals surface area (Å²) < 4.78 is 0. The lowest BCUT2D eigenvalue weighted by Gasteiger charge is -2.30. The number of rotatable bonds is 1. The van der Waals surface area contributed by atoms with Crippen LogP contribution in [0, 0.1) is 5.41 Å². The molecule has 2 N–H and O–H groups in total. The van der Waals surface area contributed by atoms with Gasteiger partial charge in [-0.2, -0.15) is 10.2 Å². The highest BCUT2D eigenvalue weighted by Crippen LogP contribution is 2.33. The van der Waals surface area contributed by atoms with E-state index in [1.54, 1.807) is 0 Å². The quantitative estimate of drug-likeness (QED) is 0.713. The Labute approximate surface area is 104 Å². The molecule has 0 aliphatic heterocycles. The van der Waals surface area contributed by atoms with Crippen molar-refractivity contribution in [2.45, 2.75) is 33.6 Å². The molecule has 0 atom stereocenters. The van der Waals surface area contributed by atoms with Gasteiger partial charge in [0.15, 0.2) is 0 Å². The third-order valence-electron chi connectivity index (χ3n) is 2.84. The fourth-order valence-corrected chi connectivity index (χ4v) is 2.12. The van der Waals surface area contributed by atoms with Gasteiger partial charge in [0.1, 0.15) is 0 Å². The zero-order valence-electron chi connectivity index (χ0n) is 10.7. The molecule has 0 aromatic carbocycles. The second-order valence-corrected chi connectivity index (χ2v) is 5.34. The Morgan fingerprint density at radius 1 is 1.50 bits per heavy atom. The molecule has 1 aliphatic rings. The number of hydrazone groups is 1. The van der Waals surface area contributed by atoms with E-state index in [2.05, 4.69) is 34.6 Å². The van der Waals surface area contributed by atoms with Gasteiger partial charge in [0.05, 0.1) is 11.4 Å². The van der Waals surface area contributed by atoms with Crippen molar-refractivity contribution in [3.05, 3.63) is 27.7 Å². The molecule has 18 heavy (non-hydrogen) atoms. The summed E-state index contributed by atoms with van der Waals surface area (Å²) in [5, 5.41) is 10.6. The summed E-state index contributed by atoms with van der Waals surface area (Å²) in [6, 6.07) is 1.48. The van der Waals surface area contributed by atoms with E-state index in [4.69, 9.17) is 0 Å². The fourth-order valence-electron chi connectivity index (χ4n) is 2.12. The SMILES string of the molecule is CC(=O)N/N=C1\CC(C)(C)Cc2n[nH]c(=O)cc21. The van der Waals surface area contributed by atoms with Gasteiger partial charge in [-0.05, 0) is 18.3 Å². The molecule has 96 valence electrons. The van der Waals surface area contributed by atoms with Gasteiger partial charge in [-0.25, -0.2) is 10.5 Å². The number of amides is 1. The molecular weight excluding hydrogens is 232 g/mol. The van der Waals surface area contributed by atoms with Crippen molar-refractivity contribution < 1.29 is 4.79 Å². The highest BCUT2D eigenvalue weighted by Gasteiger charge is 2.31. The predicted octanol–water partition coefficient (Wildman–Crippen LogP) is 0.583. The topological polar surface area (TPSA) is 87.2 Å². The van der Waals surface area contributed by atoms with Crippen molar-refractivity contribution in [3.63, 3.8) is 0 Å². The molecule has 1 aromatic rings. The first-order valence-electron chi connectivity index (χ1n) is 5.79. The average Bonchev–Trinajstić information content (AvgIpc) is 2.26. The zero-order chi connectivity index (χ0) is 13.3. The van der Waals surface area contributed by atoms with E-state index in [0.717, 1.165) is 17.7 Å². The minimum Gasteiger partial charge on any atom is -0.274 e. The Morgan fingerprint density at radius 3 is 2.89 bits per heavy atom. The molecule has 1 amide bonds. The molecule has 2 rings (SSSR count). The lowest BCUT2D eigenvalue weighted by molar-refractivity contribution is -0.118. The van der Waals surface area contributed by atoms with Gasteiger partial charge in [-0.15, -0.1) is 0 Å². The van der Waals surface area contributed by atoms with Crippen LogP contribution in [0.1, 0.15) is 38.4 Å². The van der Waals surface area contributed by atoms with Crippen LogP contribution in [0.15, 0.2) is 16.0 Å². The van der Waals surface area contributed by atoms with Crippen LogP contribution in [-0.4, -0.2) is 21.8 Å². The summed E-state index contributed by atoms with van der Waals surface area (Å²) in [4.78, 5) is 22.3. The van der Waals surface area contributed by atoms with Crippen LogP contribution in [0.4, 0.5) is 0 Å². The van der Waals surface area contributed by atoms with E-state index in [0.29, 0.717) is 12.1 Å². The molecule has 0 saturated heterocycles. The van der Waals surface area contributed by atoms with Crippen LogP contribution in [-0.2, 0) is 11.2 Å². The molecule has 0 spiro atoms. The van der Waals surface area contributed by atoms with Crippen LogP contribution < -0.4 is 11.0 Å². The van der Waals surface area contributed by atoms with Crippen molar-refractivity contribution in [3.8, 4) is 0 Å². The van der Waals surface area contributed by atoms with Crippen LogP contribution in [0.5, 0.6) is 0 Å². The van der Waals surface area contributed by atoms with Gasteiger partial charge in [0.25, 0.3) is 5.56 Å². The van der Waals surface area contributed by atoms with Gasteiger partial charge in [-0.3, -0.25) is 9.59 Å². The number of fused-ring (bicyclic) bond motifs is 1. The summed E-state index contributed by atoms with van der Waals surface area (Å²) in [6.07, 6.45) is 1.48. The van der Waals surface area contributed by atoms with Gasteiger partial charge in [0.2, 0.25) is 5.91 Å². The lowest BCUT2D eigenvalue weighted by Crippen LogP contribution is -2.32. The highest BCUT2D eigenvalue weighted by atomic mass is 16.2. The Morgan fingerprint density at radius 2 is 2.22 bits per heavy atom. The van der Waals surface area contributed by atoms with Crippen molar-refractivity contribution in [2.75, 3.05) is 0 Å². The molecule has 0 bridgehead atoms. The first-order chi connectivity index (χ1) is 8.37. The highest BCUT2D eigenvalue weighted by molar-refractivity contribution is 6.03. The summed E-state index contributed by atoms with van der Waals surface area (Å²) in [5.74, 6) is -0.231. The number of aromatic nitrogens is 2. The third kappa shape index (κ3) is 2.64. The van der Waals surface area contributed by atoms with Gasteiger partial charge < -0.3 is 0 Å². The van der Waals surface area contributed by atoms with E-state index < -0.39 is 0 Å². The summed E-state index contributed by atoms with van der Waals surface area (Å²) in [5.41, 5.74) is 4.42. The van der Waals surface area contributed by atoms with Crippen LogP contribution in [0.25, 0.3) is 0 Å². The summed E-state index contributed by atoms with van der Waals surface area (Å²) in [7, 11) is 0. The first-order valence-corrected chi connectivity index (χ1v) is 5.79. The molecule has 0 saturated carbocycles. The zero-order valence-corrected chi connectivity index (χ0v) is 10.7. The van der Waals surface area contributed by atoms with Crippen molar-refractivity contribution in [2.24, 2.45) is 10.5 Å². The number of carbonyl (C=O) groups is 1. The van der Waals surface area contributed by atoms with Crippen molar-refractivity contribution >= 4 is 11.6 Å². The Kier molecular flexibility index (Phi) is 3.02. The third-order valence-corrected chi connectivity index (χ3v) is 2.84. The van der Waals surface area contributed by atoms with Crippen LogP contribution >= 0.6 is 0 Å². The number of aromatic amines is 1. The Hall–Kier alpha value is -1.98. The number of nitrogens with one attached hydrogen (secondary N) is 2. The number of carbonyl (C=O) groups excluding carboxylic acids is 1.